The molecule has 6 heteroatoms. The molecule has 166 valence electrons. The summed E-state index contributed by atoms with van der Waals surface area (Å²) in [5.41, 5.74) is 1.21. The maximum Gasteiger partial charge on any atom is 0.259 e. The lowest BCUT2D eigenvalue weighted by Gasteiger charge is -2.20. The third-order valence-electron chi connectivity index (χ3n) is 4.38. The van der Waals surface area contributed by atoms with Gasteiger partial charge in [-0.15, -0.1) is 0 Å². The number of rotatable bonds is 8. The third kappa shape index (κ3) is 6.87. The number of ether oxygens (including phenoxy) is 2. The van der Waals surface area contributed by atoms with E-state index >= 15 is 0 Å². The summed E-state index contributed by atoms with van der Waals surface area (Å²) in [5.74, 6) is 0.785. The first-order valence-corrected chi connectivity index (χ1v) is 10.5. The average molecular weight is 433 g/mol. The zero-order chi connectivity index (χ0) is 23.0. The summed E-state index contributed by atoms with van der Waals surface area (Å²) < 4.78 is 11.4. The Morgan fingerprint density at radius 1 is 0.750 bits per heavy atom. The largest absolute Gasteiger partial charge is 0.490 e. The molecular formula is C26H28N2O4. The zero-order valence-electron chi connectivity index (χ0n) is 18.6. The van der Waals surface area contributed by atoms with Crippen LogP contribution in [0.1, 0.15) is 41.5 Å². The quantitative estimate of drug-likeness (QED) is 0.495. The minimum atomic E-state index is -0.320. The van der Waals surface area contributed by atoms with Crippen molar-refractivity contribution in [2.24, 2.45) is 0 Å². The fourth-order valence-electron chi connectivity index (χ4n) is 2.92. The van der Waals surface area contributed by atoms with E-state index in [1.165, 1.54) is 0 Å². The van der Waals surface area contributed by atoms with Crippen LogP contribution in [-0.4, -0.2) is 30.6 Å². The van der Waals surface area contributed by atoms with Gasteiger partial charge in [-0.2, -0.15) is 0 Å². The van der Waals surface area contributed by atoms with Crippen LogP contribution in [0.25, 0.3) is 0 Å². The number of nitrogens with one attached hydrogen (secondary N) is 2. The van der Waals surface area contributed by atoms with E-state index in [-0.39, 0.29) is 17.4 Å². The van der Waals surface area contributed by atoms with Gasteiger partial charge in [0.25, 0.3) is 11.8 Å². The van der Waals surface area contributed by atoms with Crippen molar-refractivity contribution in [3.63, 3.8) is 0 Å². The van der Waals surface area contributed by atoms with Crippen molar-refractivity contribution in [1.82, 2.24) is 5.32 Å². The van der Waals surface area contributed by atoms with Crippen molar-refractivity contribution in [3.8, 4) is 11.5 Å². The Labute approximate surface area is 188 Å². The van der Waals surface area contributed by atoms with Crippen LogP contribution in [0, 0.1) is 0 Å². The fraction of sp³-hybridized carbons (Fsp3) is 0.231. The molecule has 0 spiro atoms. The van der Waals surface area contributed by atoms with Gasteiger partial charge in [0.05, 0.1) is 5.56 Å². The number of hydrogen-bond donors (Lipinski definition) is 2. The van der Waals surface area contributed by atoms with E-state index in [0.717, 1.165) is 5.75 Å². The van der Waals surface area contributed by atoms with E-state index in [1.807, 2.05) is 57.2 Å². The van der Waals surface area contributed by atoms with Crippen molar-refractivity contribution in [1.29, 1.82) is 0 Å². The fourth-order valence-corrected chi connectivity index (χ4v) is 2.92. The summed E-state index contributed by atoms with van der Waals surface area (Å²) in [6, 6.07) is 23.3. The summed E-state index contributed by atoms with van der Waals surface area (Å²) in [4.78, 5) is 25.0. The predicted molar refractivity (Wildman–Crippen MR) is 125 cm³/mol. The number of amides is 2. The smallest absolute Gasteiger partial charge is 0.259 e. The highest BCUT2D eigenvalue weighted by atomic mass is 16.5. The minimum Gasteiger partial charge on any atom is -0.490 e. The lowest BCUT2D eigenvalue weighted by molar-refractivity contribution is 0.0919. The molecule has 6 nitrogen and oxygen atoms in total. The van der Waals surface area contributed by atoms with Gasteiger partial charge in [-0.3, -0.25) is 9.59 Å². The topological polar surface area (TPSA) is 76.7 Å². The molecule has 32 heavy (non-hydrogen) atoms. The molecule has 0 fully saturated rings. The molecule has 0 atom stereocenters. The van der Waals surface area contributed by atoms with Gasteiger partial charge in [0.2, 0.25) is 0 Å². The molecule has 2 amide bonds. The molecule has 3 rings (SSSR count). The Hall–Kier alpha value is -3.80. The molecule has 0 unspecified atom stereocenters. The summed E-state index contributed by atoms with van der Waals surface area (Å²) in [6.45, 7) is 6.43. The first-order chi connectivity index (χ1) is 15.3. The van der Waals surface area contributed by atoms with Gasteiger partial charge in [0.15, 0.2) is 0 Å². The maximum absolute atomic E-state index is 12.8. The first kappa shape index (κ1) is 22.9. The molecule has 2 N–H and O–H groups in total. The maximum atomic E-state index is 12.8. The predicted octanol–water partition coefficient (Wildman–Crippen LogP) is 4.93. The number of hydrogen-bond acceptors (Lipinski definition) is 4. The van der Waals surface area contributed by atoms with Crippen molar-refractivity contribution < 1.29 is 19.1 Å². The van der Waals surface area contributed by atoms with Crippen LogP contribution in [0.2, 0.25) is 0 Å². The molecule has 0 aliphatic carbocycles. The number of benzene rings is 3. The highest BCUT2D eigenvalue weighted by Crippen LogP contribution is 2.20. The molecule has 0 aliphatic heterocycles. The van der Waals surface area contributed by atoms with Crippen LogP contribution in [-0.2, 0) is 0 Å². The number of para-hydroxylation sites is 2. The van der Waals surface area contributed by atoms with E-state index in [4.69, 9.17) is 9.47 Å². The van der Waals surface area contributed by atoms with Crippen molar-refractivity contribution in [2.75, 3.05) is 18.5 Å². The summed E-state index contributed by atoms with van der Waals surface area (Å²) in [7, 11) is 0. The zero-order valence-corrected chi connectivity index (χ0v) is 18.6. The molecule has 3 aromatic carbocycles. The van der Waals surface area contributed by atoms with Gasteiger partial charge in [0, 0.05) is 16.8 Å². The van der Waals surface area contributed by atoms with Gasteiger partial charge < -0.3 is 20.1 Å². The second-order valence-electron chi connectivity index (χ2n) is 8.24. The molecular weight excluding hydrogens is 404 g/mol. The van der Waals surface area contributed by atoms with Crippen molar-refractivity contribution >= 4 is 17.5 Å². The van der Waals surface area contributed by atoms with Gasteiger partial charge in [0.1, 0.15) is 24.7 Å². The highest BCUT2D eigenvalue weighted by molar-refractivity contribution is 6.06. The number of carbonyl (C=O) groups is 2. The molecule has 3 aromatic rings. The van der Waals surface area contributed by atoms with Gasteiger partial charge in [-0.05, 0) is 69.3 Å². The molecule has 0 bridgehead atoms. The van der Waals surface area contributed by atoms with Crippen molar-refractivity contribution in [3.05, 3.63) is 90.0 Å². The summed E-state index contributed by atoms with van der Waals surface area (Å²) in [5, 5.41) is 5.76. The second-order valence-corrected chi connectivity index (χ2v) is 8.24. The van der Waals surface area contributed by atoms with Gasteiger partial charge in [-0.1, -0.05) is 30.3 Å². The summed E-state index contributed by atoms with van der Waals surface area (Å²) >= 11 is 0. The van der Waals surface area contributed by atoms with E-state index in [0.29, 0.717) is 35.8 Å². The van der Waals surface area contributed by atoms with E-state index < -0.39 is 0 Å². The monoisotopic (exact) mass is 432 g/mol. The molecule has 0 aliphatic rings. The van der Waals surface area contributed by atoms with Crippen LogP contribution < -0.4 is 20.1 Å². The Morgan fingerprint density at radius 3 is 2.06 bits per heavy atom. The standard InChI is InChI=1S/C26H28N2O4/c1-26(2,3)28-24(29)19-13-15-20(16-14-19)27-25(30)22-11-7-8-12-23(22)32-18-17-31-21-9-5-4-6-10-21/h4-16H,17-18H2,1-3H3,(H,27,30)(H,28,29). The second kappa shape index (κ2) is 10.5. The Kier molecular flexibility index (Phi) is 7.49. The summed E-state index contributed by atoms with van der Waals surface area (Å²) in [6.07, 6.45) is 0. The lowest BCUT2D eigenvalue weighted by atomic mass is 10.1. The molecule has 0 saturated heterocycles. The Balaban J connectivity index is 1.57. The normalized spacial score (nSPS) is 10.8. The van der Waals surface area contributed by atoms with E-state index in [1.54, 1.807) is 42.5 Å². The van der Waals surface area contributed by atoms with Crippen LogP contribution in [0.3, 0.4) is 0 Å². The van der Waals surface area contributed by atoms with E-state index in [2.05, 4.69) is 10.6 Å². The molecule has 0 aromatic heterocycles. The van der Waals surface area contributed by atoms with Gasteiger partial charge >= 0.3 is 0 Å². The first-order valence-electron chi connectivity index (χ1n) is 10.5. The SMILES string of the molecule is CC(C)(C)NC(=O)c1ccc(NC(=O)c2ccccc2OCCOc2ccccc2)cc1. The average Bonchev–Trinajstić information content (AvgIpc) is 2.77. The number of anilines is 1. The minimum absolute atomic E-state index is 0.160. The van der Waals surface area contributed by atoms with Crippen LogP contribution in [0.4, 0.5) is 5.69 Å². The molecule has 0 saturated carbocycles. The highest BCUT2D eigenvalue weighted by Gasteiger charge is 2.16. The van der Waals surface area contributed by atoms with Crippen LogP contribution in [0.5, 0.6) is 11.5 Å². The number of carbonyl (C=O) groups excluding carboxylic acids is 2. The van der Waals surface area contributed by atoms with Gasteiger partial charge in [-0.25, -0.2) is 0 Å². The molecule has 0 heterocycles. The van der Waals surface area contributed by atoms with Crippen LogP contribution in [0.15, 0.2) is 78.9 Å². The Bertz CT molecular complexity index is 1040. The van der Waals surface area contributed by atoms with E-state index in [9.17, 15) is 9.59 Å². The Morgan fingerprint density at radius 2 is 1.38 bits per heavy atom. The van der Waals surface area contributed by atoms with Crippen LogP contribution >= 0.6 is 0 Å². The van der Waals surface area contributed by atoms with Crippen molar-refractivity contribution in [2.45, 2.75) is 26.3 Å². The lowest BCUT2D eigenvalue weighted by Crippen LogP contribution is -2.40. The molecule has 0 radical (unpaired) electrons. The third-order valence-corrected chi connectivity index (χ3v) is 4.38.